The fraction of sp³-hybridized carbons (Fsp3) is 0.596. The van der Waals surface area contributed by atoms with E-state index in [2.05, 4.69) is 48.2 Å². The molecule has 4 aromatic rings. The smallest absolute Gasteiger partial charge is 1.00 e. The van der Waals surface area contributed by atoms with E-state index in [1.165, 1.54) is 77.0 Å². The van der Waals surface area contributed by atoms with E-state index in [9.17, 15) is 62.6 Å². The summed E-state index contributed by atoms with van der Waals surface area (Å²) in [5, 5.41) is 33.9. The molecule has 4 aromatic carbocycles. The molecular weight excluding hydrogens is 1780 g/mol. The molecule has 0 aliphatic carbocycles. The van der Waals surface area contributed by atoms with Gasteiger partial charge in [-0.2, -0.15) is 0 Å². The second-order valence-electron chi connectivity index (χ2n) is 27.8. The first-order valence-corrected chi connectivity index (χ1v) is 43.7. The maximum Gasteiger partial charge on any atom is 1.00 e. The summed E-state index contributed by atoms with van der Waals surface area (Å²) in [5.41, 5.74) is 7.21. The normalized spacial score (nSPS) is 10.1. The Kier molecular flexibility index (Phi) is 85.0. The van der Waals surface area contributed by atoms with Gasteiger partial charge < -0.3 is 77.3 Å². The van der Waals surface area contributed by atoms with Crippen molar-refractivity contribution in [1.29, 1.82) is 0 Å². The van der Waals surface area contributed by atoms with Gasteiger partial charge in [-0.25, -0.2) is 9.59 Å². The number of ketones is 3. The molecule has 0 saturated heterocycles. The standard InChI is InChI=1S/C31H41NO7.C18H27BrO2.C16H29NO5.C13H15NO5.C11H21BrO2.ClH.Cs/c33-28(23-32-31(36)39-25-27-17-11-8-12-18-27)20-21-30(35)37-22-14-6-4-2-1-3-5-13-19-29(34)38-24-26-15-9-7-10-16-26;19-15-11-6-4-2-1-3-5-10-14-18(20)21-16-17-12-8-7-9-13-17;17-13-14(18)10-11-16(21)22-12-8-6-4-2-1-3-5-7-9-15(19)20;15-11(6-7-12(16)17)8-14-13(18)19-9-10-4-2-1-3-5-10;12-10-8-6-4-2-1-3-5-7-9-11(13)14;;/h7-12,15-18H,1-6,13-14,19-25H2,(H,32,36);7-9,12-13H,1-6,10-11,14-16H2;1-13,17H2,(H,19,20);1-5H,6-9H2,(H,14,18)(H,16,17);1-10H2,(H,13,14);1H;/q;;;;;;+1/p-1. The minimum atomic E-state index is -1.29. The molecule has 0 spiro atoms. The van der Waals surface area contributed by atoms with Crippen LogP contribution in [0.2, 0.25) is 0 Å². The van der Waals surface area contributed by atoms with Gasteiger partial charge in [-0.05, 0) is 80.0 Å². The van der Waals surface area contributed by atoms with Crippen molar-refractivity contribution in [3.8, 4) is 0 Å². The number of ether oxygens (including phenoxy) is 6. The van der Waals surface area contributed by atoms with E-state index in [1.54, 1.807) is 12.1 Å². The van der Waals surface area contributed by atoms with Crippen molar-refractivity contribution >= 4 is 103 Å². The van der Waals surface area contributed by atoms with Crippen LogP contribution in [0.15, 0.2) is 121 Å². The fourth-order valence-electron chi connectivity index (χ4n) is 10.8. The zero-order chi connectivity index (χ0) is 84.5. The number of quaternary nitrogens is 1. The third kappa shape index (κ3) is 84.8. The molecule has 0 aliphatic rings. The number of hydrogen-bond donors (Lipinski definition) is 5. The number of carbonyl (C=O) groups is 12. The summed E-state index contributed by atoms with van der Waals surface area (Å²) in [7, 11) is 0. The molecule has 0 unspecified atom stereocenters. The summed E-state index contributed by atoms with van der Waals surface area (Å²) in [6.07, 6.45) is 35.7. The molecule has 4 rings (SSSR count). The minimum Gasteiger partial charge on any atom is -1.00 e. The van der Waals surface area contributed by atoms with Crippen molar-refractivity contribution < 1.29 is 188 Å². The summed E-state index contributed by atoms with van der Waals surface area (Å²) in [4.78, 5) is 134. The monoisotopic (exact) mass is 1910 g/mol. The molecule has 0 atom stereocenters. The quantitative estimate of drug-likeness (QED) is 0.0119. The van der Waals surface area contributed by atoms with Crippen molar-refractivity contribution in [3.05, 3.63) is 144 Å². The summed E-state index contributed by atoms with van der Waals surface area (Å²) in [5.74, 6) is -4.26. The number of hydrogen-bond acceptors (Lipinski definition) is 19. The summed E-state index contributed by atoms with van der Waals surface area (Å²) >= 11 is 6.86. The number of rotatable bonds is 64. The number of alkyl halides is 2. The van der Waals surface area contributed by atoms with E-state index in [0.717, 1.165) is 161 Å². The summed E-state index contributed by atoms with van der Waals surface area (Å²) in [6.45, 7) is 1.54. The number of alkyl carbamates (subject to hydrolysis) is 2. The molecule has 28 heteroatoms. The van der Waals surface area contributed by atoms with Crippen molar-refractivity contribution in [1.82, 2.24) is 10.6 Å². The van der Waals surface area contributed by atoms with Crippen LogP contribution in [0.3, 0.4) is 0 Å². The Balaban J connectivity index is -0.00000145. The Morgan fingerprint density at radius 3 is 0.812 bits per heavy atom. The van der Waals surface area contributed by atoms with Gasteiger partial charge in [-0.15, -0.1) is 0 Å². The number of carboxylic acids is 3. The predicted octanol–water partition coefficient (Wildman–Crippen LogP) is 11.4. The largest absolute Gasteiger partial charge is 1.00 e. The number of Topliss-reactive ketones (excluding diaryl/α,β-unsaturated/α-hetero) is 3. The van der Waals surface area contributed by atoms with Gasteiger partial charge >= 0.3 is 117 Å². The van der Waals surface area contributed by atoms with Crippen LogP contribution < -0.4 is 103 Å². The SMILES string of the molecule is O=C(CCC(=O)OCCCCCCCCCCC(=O)OCc1ccccc1)CNC(=O)OCc1ccccc1.O=C(CCCCCCCCCCBr)OCc1ccccc1.O=C(O)CCCCCCCCCCBr.O=C([O-])CCC(=O)CNC(=O)OCc1ccccc1.[Cl-].[Cs+].[NH3+]CC(=O)CCC(=O)OCCCCCCCCCCC(=O)O. The average Bonchev–Trinajstić information content (AvgIpc) is 0.960. The van der Waals surface area contributed by atoms with Gasteiger partial charge in [0, 0.05) is 61.6 Å². The van der Waals surface area contributed by atoms with Gasteiger partial charge in [0.15, 0.2) is 17.3 Å². The van der Waals surface area contributed by atoms with Crippen molar-refractivity contribution in [2.75, 3.05) is 43.5 Å². The van der Waals surface area contributed by atoms with Crippen molar-refractivity contribution in [2.24, 2.45) is 0 Å². The molecule has 24 nitrogen and oxygen atoms in total. The van der Waals surface area contributed by atoms with Gasteiger partial charge in [0.05, 0.1) is 39.1 Å². The number of halogens is 3. The molecule has 0 heterocycles. The number of aliphatic carboxylic acids is 3. The van der Waals surface area contributed by atoms with Crippen LogP contribution in [-0.2, 0) is 103 Å². The maximum absolute atomic E-state index is 11.9. The molecule has 7 N–H and O–H groups in total. The number of benzene rings is 4. The Bertz CT molecular complexity index is 3170. The summed E-state index contributed by atoms with van der Waals surface area (Å²) in [6, 6.07) is 37.8. The number of carboxylic acid groups (broad SMARTS) is 3. The molecule has 0 aliphatic heterocycles. The Morgan fingerprint density at radius 2 is 0.538 bits per heavy atom. The van der Waals surface area contributed by atoms with Gasteiger partial charge in [0.2, 0.25) is 0 Å². The fourth-order valence-corrected chi connectivity index (χ4v) is 11.6. The molecule has 0 radical (unpaired) electrons. The Morgan fingerprint density at radius 1 is 0.299 bits per heavy atom. The van der Waals surface area contributed by atoms with Crippen LogP contribution in [-0.4, -0.2) is 125 Å². The zero-order valence-electron chi connectivity index (χ0n) is 69.5. The first-order chi connectivity index (χ1) is 55.8. The Labute approximate surface area is 777 Å². The molecule has 117 heavy (non-hydrogen) atoms. The summed E-state index contributed by atoms with van der Waals surface area (Å²) < 4.78 is 30.7. The van der Waals surface area contributed by atoms with E-state index in [0.29, 0.717) is 45.7 Å². The zero-order valence-corrected chi connectivity index (χ0v) is 79.7. The predicted molar refractivity (Wildman–Crippen MR) is 448 cm³/mol. The molecule has 0 saturated carbocycles. The second kappa shape index (κ2) is 86.4. The van der Waals surface area contributed by atoms with Crippen LogP contribution in [0.25, 0.3) is 0 Å². The van der Waals surface area contributed by atoms with Gasteiger partial charge in [0.1, 0.15) is 33.0 Å². The Hall–Kier alpha value is -6.02. The minimum absolute atomic E-state index is 0. The average molecular weight is 1910 g/mol. The van der Waals surface area contributed by atoms with Crippen LogP contribution in [0, 0.1) is 0 Å². The van der Waals surface area contributed by atoms with E-state index < -0.39 is 36.1 Å². The van der Waals surface area contributed by atoms with Crippen LogP contribution in [0.5, 0.6) is 0 Å². The third-order valence-electron chi connectivity index (χ3n) is 17.5. The van der Waals surface area contributed by atoms with Crippen molar-refractivity contribution in [2.45, 2.75) is 296 Å². The van der Waals surface area contributed by atoms with Gasteiger partial charge in [-0.3, -0.25) is 43.2 Å². The van der Waals surface area contributed by atoms with E-state index in [1.807, 2.05) is 109 Å². The number of nitrogens with one attached hydrogen (secondary N) is 2. The number of esters is 4. The molecule has 652 valence electrons. The molecular formula is C89H133Br2ClCsN3O21. The first kappa shape index (κ1) is 115. The van der Waals surface area contributed by atoms with Gasteiger partial charge in [-0.1, -0.05) is 307 Å². The topological polar surface area (TPSA) is 375 Å². The van der Waals surface area contributed by atoms with E-state index in [4.69, 9.17) is 38.6 Å². The molecule has 2 amide bonds. The number of amides is 2. The van der Waals surface area contributed by atoms with Crippen molar-refractivity contribution in [3.63, 3.8) is 0 Å². The van der Waals surface area contributed by atoms with E-state index >= 15 is 0 Å². The van der Waals surface area contributed by atoms with Gasteiger partial charge in [0.25, 0.3) is 0 Å². The molecule has 0 fully saturated rings. The molecule has 0 aromatic heterocycles. The second-order valence-corrected chi connectivity index (χ2v) is 29.4. The first-order valence-electron chi connectivity index (χ1n) is 41.5. The van der Waals surface area contributed by atoms with Crippen LogP contribution in [0.1, 0.15) is 292 Å². The third-order valence-corrected chi connectivity index (χ3v) is 18.6. The number of unbranched alkanes of at least 4 members (excludes halogenated alkanes) is 28. The maximum atomic E-state index is 11.9. The van der Waals surface area contributed by atoms with Crippen LogP contribution in [0.4, 0.5) is 9.59 Å². The number of carbonyl (C=O) groups excluding carboxylic acids is 10. The van der Waals surface area contributed by atoms with Crippen LogP contribution >= 0.6 is 31.9 Å². The molecule has 0 bridgehead atoms. The van der Waals surface area contributed by atoms with E-state index in [-0.39, 0.29) is 194 Å².